The van der Waals surface area contributed by atoms with Crippen LogP contribution in [0.3, 0.4) is 0 Å². The van der Waals surface area contributed by atoms with Gasteiger partial charge in [0.15, 0.2) is 11.8 Å². The number of rotatable bonds is 5. The Morgan fingerprint density at radius 3 is 2.68 bits per heavy atom. The summed E-state index contributed by atoms with van der Waals surface area (Å²) in [5.74, 6) is -0.955. The number of aliphatic hydroxyl groups excluding tert-OH is 1. The summed E-state index contributed by atoms with van der Waals surface area (Å²) in [5, 5.41) is 11.9. The van der Waals surface area contributed by atoms with Crippen molar-refractivity contribution in [2.45, 2.75) is 6.04 Å². The van der Waals surface area contributed by atoms with Gasteiger partial charge in [-0.2, -0.15) is 0 Å². The molecule has 0 aliphatic rings. The molecule has 0 unspecified atom stereocenters. The normalized spacial score (nSPS) is 11.8. The standard InChI is InChI=1S/C15H14ClNO5/c1-21-15(20)11(8-18)17-14(19)13-7-6-12(22-13)9-4-2-3-5-10(9)16/h2-7,11,18H,8H2,1H3,(H,17,19)/t11-/m1/s1. The number of esters is 1. The molecule has 1 aromatic carbocycles. The van der Waals surface area contributed by atoms with Gasteiger partial charge in [-0.25, -0.2) is 4.79 Å². The molecule has 0 fully saturated rings. The fraction of sp³-hybridized carbons (Fsp3) is 0.200. The number of aliphatic hydroxyl groups is 1. The van der Waals surface area contributed by atoms with Gasteiger partial charge in [-0.15, -0.1) is 0 Å². The van der Waals surface area contributed by atoms with Crippen LogP contribution in [-0.2, 0) is 9.53 Å². The molecule has 1 aromatic heterocycles. The molecule has 1 atom stereocenters. The van der Waals surface area contributed by atoms with E-state index in [-0.39, 0.29) is 5.76 Å². The highest BCUT2D eigenvalue weighted by Crippen LogP contribution is 2.28. The van der Waals surface area contributed by atoms with E-state index in [1.807, 2.05) is 0 Å². The van der Waals surface area contributed by atoms with Crippen molar-refractivity contribution < 1.29 is 23.8 Å². The minimum Gasteiger partial charge on any atom is -0.467 e. The van der Waals surface area contributed by atoms with Crippen LogP contribution in [0.1, 0.15) is 10.6 Å². The molecule has 0 saturated heterocycles. The lowest BCUT2D eigenvalue weighted by Gasteiger charge is -2.12. The number of furan rings is 1. The van der Waals surface area contributed by atoms with E-state index in [9.17, 15) is 9.59 Å². The maximum atomic E-state index is 12.0. The molecule has 1 heterocycles. The molecule has 2 rings (SSSR count). The highest BCUT2D eigenvalue weighted by atomic mass is 35.5. The number of ether oxygens (including phenoxy) is 1. The topological polar surface area (TPSA) is 88.8 Å². The summed E-state index contributed by atoms with van der Waals surface area (Å²) in [6, 6.07) is 8.95. The Balaban J connectivity index is 2.16. The summed E-state index contributed by atoms with van der Waals surface area (Å²) in [4.78, 5) is 23.3. The van der Waals surface area contributed by atoms with Gasteiger partial charge < -0.3 is 19.6 Å². The van der Waals surface area contributed by atoms with Gasteiger partial charge in [-0.1, -0.05) is 23.7 Å². The van der Waals surface area contributed by atoms with Gasteiger partial charge in [0.2, 0.25) is 0 Å². The largest absolute Gasteiger partial charge is 0.467 e. The molecular formula is C15H14ClNO5. The molecule has 7 heteroatoms. The molecule has 6 nitrogen and oxygen atoms in total. The zero-order valence-electron chi connectivity index (χ0n) is 11.7. The smallest absolute Gasteiger partial charge is 0.330 e. The lowest BCUT2D eigenvalue weighted by Crippen LogP contribution is -2.43. The van der Waals surface area contributed by atoms with Crippen LogP contribution in [0.4, 0.5) is 0 Å². The average Bonchev–Trinajstić information content (AvgIpc) is 3.02. The van der Waals surface area contributed by atoms with Crippen LogP contribution in [0.15, 0.2) is 40.8 Å². The summed E-state index contributed by atoms with van der Waals surface area (Å²) >= 11 is 6.06. The average molecular weight is 324 g/mol. The molecule has 0 saturated carbocycles. The van der Waals surface area contributed by atoms with Crippen LogP contribution in [-0.4, -0.2) is 36.7 Å². The number of carbonyl (C=O) groups excluding carboxylic acids is 2. The van der Waals surface area contributed by atoms with Crippen molar-refractivity contribution >= 4 is 23.5 Å². The maximum absolute atomic E-state index is 12.0. The van der Waals surface area contributed by atoms with Crippen LogP contribution < -0.4 is 5.32 Å². The second-order valence-corrected chi connectivity index (χ2v) is 4.78. The molecule has 116 valence electrons. The summed E-state index contributed by atoms with van der Waals surface area (Å²) in [6.45, 7) is -0.573. The first kappa shape index (κ1) is 16.1. The molecule has 0 spiro atoms. The van der Waals surface area contributed by atoms with Gasteiger partial charge in [0.1, 0.15) is 5.76 Å². The molecule has 2 N–H and O–H groups in total. The lowest BCUT2D eigenvalue weighted by atomic mass is 10.2. The second kappa shape index (κ2) is 7.11. The molecule has 1 amide bonds. The van der Waals surface area contributed by atoms with Crippen LogP contribution in [0, 0.1) is 0 Å². The summed E-state index contributed by atoms with van der Waals surface area (Å²) in [7, 11) is 1.17. The number of halogens is 1. The van der Waals surface area contributed by atoms with Crippen molar-refractivity contribution in [1.82, 2.24) is 5.32 Å². The first-order valence-electron chi connectivity index (χ1n) is 6.41. The molecule has 0 bridgehead atoms. The minimum atomic E-state index is -1.15. The van der Waals surface area contributed by atoms with Gasteiger partial charge in [-0.3, -0.25) is 4.79 Å². The zero-order valence-corrected chi connectivity index (χ0v) is 12.5. The Morgan fingerprint density at radius 1 is 1.32 bits per heavy atom. The van der Waals surface area contributed by atoms with Crippen LogP contribution in [0.5, 0.6) is 0 Å². The van der Waals surface area contributed by atoms with Crippen molar-refractivity contribution in [3.8, 4) is 11.3 Å². The monoisotopic (exact) mass is 323 g/mol. The van der Waals surface area contributed by atoms with Crippen molar-refractivity contribution in [3.05, 3.63) is 47.2 Å². The highest BCUT2D eigenvalue weighted by molar-refractivity contribution is 6.33. The fourth-order valence-electron chi connectivity index (χ4n) is 1.82. The molecule has 0 radical (unpaired) electrons. The Bertz CT molecular complexity index is 682. The van der Waals surface area contributed by atoms with Crippen LogP contribution in [0.2, 0.25) is 5.02 Å². The summed E-state index contributed by atoms with van der Waals surface area (Å²) in [6.07, 6.45) is 0. The van der Waals surface area contributed by atoms with Crippen molar-refractivity contribution in [3.63, 3.8) is 0 Å². The number of carbonyl (C=O) groups is 2. The Labute approximate surface area is 131 Å². The number of methoxy groups -OCH3 is 1. The predicted octanol–water partition coefficient (Wildman–Crippen LogP) is 1.86. The van der Waals surface area contributed by atoms with E-state index in [4.69, 9.17) is 21.1 Å². The number of nitrogens with one attached hydrogen (secondary N) is 1. The first-order valence-corrected chi connectivity index (χ1v) is 6.79. The first-order chi connectivity index (χ1) is 10.6. The third kappa shape index (κ3) is 3.47. The van der Waals surface area contributed by atoms with Crippen molar-refractivity contribution in [2.75, 3.05) is 13.7 Å². The molecule has 22 heavy (non-hydrogen) atoms. The van der Waals surface area contributed by atoms with E-state index in [0.717, 1.165) is 0 Å². The van der Waals surface area contributed by atoms with E-state index in [2.05, 4.69) is 10.1 Å². The van der Waals surface area contributed by atoms with E-state index < -0.39 is 24.5 Å². The molecule has 0 aliphatic carbocycles. The van der Waals surface area contributed by atoms with E-state index in [1.165, 1.54) is 13.2 Å². The van der Waals surface area contributed by atoms with Gasteiger partial charge in [0.25, 0.3) is 5.91 Å². The predicted molar refractivity (Wildman–Crippen MR) is 79.5 cm³/mol. The lowest BCUT2D eigenvalue weighted by molar-refractivity contribution is -0.143. The summed E-state index contributed by atoms with van der Waals surface area (Å²) in [5.41, 5.74) is 0.648. The van der Waals surface area contributed by atoms with Crippen molar-refractivity contribution in [2.24, 2.45) is 0 Å². The molecule has 2 aromatic rings. The Hall–Kier alpha value is -2.31. The Kier molecular flexibility index (Phi) is 5.19. The number of benzene rings is 1. The quantitative estimate of drug-likeness (QED) is 0.820. The SMILES string of the molecule is COC(=O)[C@@H](CO)NC(=O)c1ccc(-c2ccccc2Cl)o1. The van der Waals surface area contributed by atoms with Gasteiger partial charge in [0.05, 0.1) is 18.7 Å². The van der Waals surface area contributed by atoms with E-state index in [0.29, 0.717) is 16.3 Å². The number of hydrogen-bond acceptors (Lipinski definition) is 5. The Morgan fingerprint density at radius 2 is 2.05 bits per heavy atom. The van der Waals surface area contributed by atoms with Crippen LogP contribution in [0.25, 0.3) is 11.3 Å². The number of hydrogen-bond donors (Lipinski definition) is 2. The van der Waals surface area contributed by atoms with Crippen molar-refractivity contribution in [1.29, 1.82) is 0 Å². The maximum Gasteiger partial charge on any atom is 0.330 e. The van der Waals surface area contributed by atoms with E-state index >= 15 is 0 Å². The van der Waals surface area contributed by atoms with E-state index in [1.54, 1.807) is 30.3 Å². The van der Waals surface area contributed by atoms with Crippen LogP contribution >= 0.6 is 11.6 Å². The highest BCUT2D eigenvalue weighted by Gasteiger charge is 2.23. The minimum absolute atomic E-state index is 0.00253. The second-order valence-electron chi connectivity index (χ2n) is 4.38. The molecular weight excluding hydrogens is 310 g/mol. The van der Waals surface area contributed by atoms with Gasteiger partial charge >= 0.3 is 5.97 Å². The zero-order chi connectivity index (χ0) is 16.1. The summed E-state index contributed by atoms with van der Waals surface area (Å²) < 4.78 is 9.91. The third-order valence-corrected chi connectivity index (χ3v) is 3.27. The van der Waals surface area contributed by atoms with Gasteiger partial charge in [-0.05, 0) is 24.3 Å². The molecule has 0 aliphatic heterocycles. The fourth-order valence-corrected chi connectivity index (χ4v) is 2.05. The number of amides is 1. The third-order valence-electron chi connectivity index (χ3n) is 2.94. The van der Waals surface area contributed by atoms with Gasteiger partial charge in [0, 0.05) is 5.56 Å².